The molecule has 0 spiro atoms. The second kappa shape index (κ2) is 19.7. The molecule has 13 aromatic rings. The first kappa shape index (κ1) is 44.6. The summed E-state index contributed by atoms with van der Waals surface area (Å²) in [6, 6.07) is 93.6. The Hall–Kier alpha value is -10.4. The Kier molecular flexibility index (Phi) is 11.7. The van der Waals surface area contributed by atoms with Gasteiger partial charge in [-0.05, 0) is 97.1 Å². The zero-order valence-electron chi connectivity index (χ0n) is 40.5. The summed E-state index contributed by atoms with van der Waals surface area (Å²) < 4.78 is 2.34. The molecule has 0 unspecified atom stereocenters. The van der Waals surface area contributed by atoms with E-state index >= 15 is 0 Å². The highest BCUT2D eigenvalue weighted by atomic mass is 15.3. The quantitative estimate of drug-likeness (QED) is 0.120. The largest absolute Gasteiger partial charge is 0.310 e. The number of para-hydroxylation sites is 3. The van der Waals surface area contributed by atoms with E-state index in [1.807, 2.05) is 140 Å². The second-order valence-electron chi connectivity index (χ2n) is 18.0. The van der Waals surface area contributed by atoms with Crippen LogP contribution in [0.25, 0.3) is 84.4 Å². The minimum absolute atomic E-state index is 0.497. The summed E-state index contributed by atoms with van der Waals surface area (Å²) in [5.41, 5.74) is 12.5. The van der Waals surface area contributed by atoms with Crippen molar-refractivity contribution in [3.63, 3.8) is 0 Å². The number of benzene rings is 10. The third-order valence-electron chi connectivity index (χ3n) is 13.3. The summed E-state index contributed by atoms with van der Waals surface area (Å²) in [5.74, 6) is 3.49. The first-order chi connectivity index (χ1) is 37.2. The lowest BCUT2D eigenvalue weighted by molar-refractivity contribution is 1.02. The van der Waals surface area contributed by atoms with Gasteiger partial charge in [0.05, 0.1) is 11.0 Å². The number of hydrogen-bond donors (Lipinski definition) is 0. The molecule has 0 aliphatic carbocycles. The van der Waals surface area contributed by atoms with Crippen LogP contribution in [0.5, 0.6) is 0 Å². The Morgan fingerprint density at radius 1 is 0.240 bits per heavy atom. The van der Waals surface area contributed by atoms with Crippen LogP contribution >= 0.6 is 0 Å². The van der Waals surface area contributed by atoms with Gasteiger partial charge < -0.3 is 9.47 Å². The zero-order valence-corrected chi connectivity index (χ0v) is 40.5. The van der Waals surface area contributed by atoms with Crippen LogP contribution in [0.3, 0.4) is 0 Å². The molecular weight excluding hydrogens is 919 g/mol. The van der Waals surface area contributed by atoms with Gasteiger partial charge in [-0.15, -0.1) is 0 Å². The molecule has 3 aromatic heterocycles. The summed E-state index contributed by atoms with van der Waals surface area (Å²) in [4.78, 5) is 35.0. The molecule has 10 aromatic carbocycles. The molecule has 0 N–H and O–H groups in total. The fourth-order valence-electron chi connectivity index (χ4n) is 9.71. The van der Waals surface area contributed by atoms with Gasteiger partial charge in [0, 0.05) is 72.7 Å². The molecule has 0 amide bonds. The van der Waals surface area contributed by atoms with Gasteiger partial charge in [0.15, 0.2) is 29.1 Å². The predicted octanol–water partition coefficient (Wildman–Crippen LogP) is 16.4. The maximum Gasteiger partial charge on any atom is 0.238 e. The van der Waals surface area contributed by atoms with Gasteiger partial charge in [-0.1, -0.05) is 176 Å². The van der Waals surface area contributed by atoms with E-state index < -0.39 is 0 Å². The number of rotatable bonds is 12. The second-order valence-corrected chi connectivity index (χ2v) is 18.0. The number of fused-ring (bicyclic) bond motifs is 3. The third kappa shape index (κ3) is 8.81. The number of nitrogens with zero attached hydrogens (tertiary/aromatic N) is 9. The molecule has 0 radical (unpaired) electrons. The van der Waals surface area contributed by atoms with E-state index in [0.29, 0.717) is 35.1 Å². The SMILES string of the molecule is c1ccc(-c2nc(-c3ccccc3)nc(-c3ccc(-n4c5ccc(N(c6ccccc6)c6ccccc6)cc5c5cc(N(c6ccccc6)c6nc(-c7ccccc7)nc(-c7ccccc7)n6)ccc54)cc3)n2)cc1. The maximum absolute atomic E-state index is 5.24. The average molecular weight is 964 g/mol. The van der Waals surface area contributed by atoms with E-state index in [2.05, 4.69) is 148 Å². The van der Waals surface area contributed by atoms with Gasteiger partial charge in [0.1, 0.15) is 0 Å². The highest BCUT2D eigenvalue weighted by molar-refractivity contribution is 6.12. The molecular formula is C66H45N9. The Labute approximate surface area is 434 Å². The average Bonchev–Trinajstić information content (AvgIpc) is 3.82. The van der Waals surface area contributed by atoms with E-state index in [1.165, 1.54) is 0 Å². The van der Waals surface area contributed by atoms with Crippen molar-refractivity contribution >= 4 is 56.2 Å². The van der Waals surface area contributed by atoms with Crippen molar-refractivity contribution in [1.29, 1.82) is 0 Å². The van der Waals surface area contributed by atoms with E-state index in [9.17, 15) is 0 Å². The minimum atomic E-state index is 0.497. The van der Waals surface area contributed by atoms with Crippen molar-refractivity contribution in [2.24, 2.45) is 0 Å². The monoisotopic (exact) mass is 963 g/mol. The molecule has 3 heterocycles. The first-order valence-corrected chi connectivity index (χ1v) is 24.9. The van der Waals surface area contributed by atoms with Crippen LogP contribution in [0.15, 0.2) is 273 Å². The van der Waals surface area contributed by atoms with E-state index in [4.69, 9.17) is 29.9 Å². The topological polar surface area (TPSA) is 88.8 Å². The lowest BCUT2D eigenvalue weighted by Crippen LogP contribution is -2.15. The van der Waals surface area contributed by atoms with Gasteiger partial charge in [-0.25, -0.2) is 19.9 Å². The number of anilines is 6. The van der Waals surface area contributed by atoms with Crippen molar-refractivity contribution in [3.05, 3.63) is 273 Å². The molecule has 9 nitrogen and oxygen atoms in total. The lowest BCUT2D eigenvalue weighted by Gasteiger charge is -2.25. The predicted molar refractivity (Wildman–Crippen MR) is 304 cm³/mol. The smallest absolute Gasteiger partial charge is 0.238 e. The van der Waals surface area contributed by atoms with Crippen LogP contribution in [0, 0.1) is 0 Å². The molecule has 0 atom stereocenters. The summed E-state index contributed by atoms with van der Waals surface area (Å²) in [7, 11) is 0. The number of hydrogen-bond acceptors (Lipinski definition) is 8. The molecule has 9 heteroatoms. The molecule has 354 valence electrons. The van der Waals surface area contributed by atoms with E-state index in [-0.39, 0.29) is 0 Å². The maximum atomic E-state index is 5.24. The zero-order chi connectivity index (χ0) is 49.9. The van der Waals surface area contributed by atoms with Crippen molar-refractivity contribution < 1.29 is 0 Å². The Morgan fingerprint density at radius 2 is 0.533 bits per heavy atom. The van der Waals surface area contributed by atoms with Crippen LogP contribution in [0.1, 0.15) is 0 Å². The normalized spacial score (nSPS) is 11.2. The summed E-state index contributed by atoms with van der Waals surface area (Å²) in [5, 5.41) is 2.12. The summed E-state index contributed by atoms with van der Waals surface area (Å²) in [6.45, 7) is 0. The van der Waals surface area contributed by atoms with Crippen molar-refractivity contribution in [1.82, 2.24) is 34.5 Å². The molecule has 13 rings (SSSR count). The Balaban J connectivity index is 1.01. The fraction of sp³-hybridized carbons (Fsp3) is 0. The highest BCUT2D eigenvalue weighted by Crippen LogP contribution is 2.43. The van der Waals surface area contributed by atoms with Gasteiger partial charge in [-0.2, -0.15) is 9.97 Å². The van der Waals surface area contributed by atoms with Crippen LogP contribution < -0.4 is 9.80 Å². The van der Waals surface area contributed by atoms with Gasteiger partial charge >= 0.3 is 0 Å². The fourth-order valence-corrected chi connectivity index (χ4v) is 9.71. The van der Waals surface area contributed by atoms with Gasteiger partial charge in [0.2, 0.25) is 5.95 Å². The Morgan fingerprint density at radius 3 is 0.893 bits per heavy atom. The minimum Gasteiger partial charge on any atom is -0.310 e. The molecule has 0 bridgehead atoms. The molecule has 0 saturated carbocycles. The van der Waals surface area contributed by atoms with Crippen LogP contribution in [0.2, 0.25) is 0 Å². The van der Waals surface area contributed by atoms with Crippen molar-refractivity contribution in [2.45, 2.75) is 0 Å². The standard InChI is InChI=1S/C66H45N9/c1-8-22-46(23-9-1)61-67-62(47-24-10-2-11-25-47)69-63(68-61)50-36-38-54(39-37-50)75-59-42-40-55(73(51-30-16-5-17-31-51)52-32-18-6-19-33-52)44-57(59)58-45-56(41-43-60(58)75)74(53-34-20-7-21-35-53)66-71-64(48-26-12-3-13-27-48)70-65(72-66)49-28-14-4-15-29-49/h1-45H. The van der Waals surface area contributed by atoms with E-state index in [1.54, 1.807) is 0 Å². The van der Waals surface area contributed by atoms with Crippen LogP contribution in [0.4, 0.5) is 34.4 Å². The van der Waals surface area contributed by atoms with Crippen molar-refractivity contribution in [2.75, 3.05) is 9.80 Å². The first-order valence-electron chi connectivity index (χ1n) is 24.9. The Bertz CT molecular complexity index is 3930. The molecule has 0 fully saturated rings. The van der Waals surface area contributed by atoms with Gasteiger partial charge in [-0.3, -0.25) is 4.90 Å². The van der Waals surface area contributed by atoms with Crippen molar-refractivity contribution in [3.8, 4) is 62.6 Å². The highest BCUT2D eigenvalue weighted by Gasteiger charge is 2.23. The van der Waals surface area contributed by atoms with Gasteiger partial charge in [0.25, 0.3) is 0 Å². The third-order valence-corrected chi connectivity index (χ3v) is 13.3. The molecule has 75 heavy (non-hydrogen) atoms. The van der Waals surface area contributed by atoms with E-state index in [0.717, 1.165) is 83.7 Å². The molecule has 0 aliphatic rings. The van der Waals surface area contributed by atoms with Crippen LogP contribution in [-0.2, 0) is 0 Å². The lowest BCUT2D eigenvalue weighted by atomic mass is 10.1. The summed E-state index contributed by atoms with van der Waals surface area (Å²) >= 11 is 0. The number of aromatic nitrogens is 7. The summed E-state index contributed by atoms with van der Waals surface area (Å²) in [6.07, 6.45) is 0. The van der Waals surface area contributed by atoms with Crippen LogP contribution in [-0.4, -0.2) is 34.5 Å². The molecule has 0 aliphatic heterocycles. The molecule has 0 saturated heterocycles.